The van der Waals surface area contributed by atoms with E-state index >= 15 is 0 Å². The molecule has 0 aliphatic carbocycles. The Labute approximate surface area is 155 Å². The standard InChI is InChI=1S/C18H21N3O2S2/c1-4-7-24-18-21-20-17(25-18)19-16(22)9-13-10-23-15-6-5-12(11(2)3)8-14(13)15/h5-6,8,10-11H,4,7,9H2,1-3H3,(H,19,20,22). The minimum atomic E-state index is -0.110. The Bertz CT molecular complexity index is 870. The number of nitrogens with zero attached hydrogens (tertiary/aromatic N) is 2. The first kappa shape index (κ1) is 17.9. The van der Waals surface area contributed by atoms with E-state index in [2.05, 4.69) is 48.4 Å². The number of carbonyl (C=O) groups is 1. The fourth-order valence-electron chi connectivity index (χ4n) is 2.44. The Morgan fingerprint density at radius 1 is 1.36 bits per heavy atom. The van der Waals surface area contributed by atoms with E-state index in [0.29, 0.717) is 11.0 Å². The summed E-state index contributed by atoms with van der Waals surface area (Å²) in [4.78, 5) is 12.3. The molecule has 1 aromatic carbocycles. The number of thioether (sulfide) groups is 1. The monoisotopic (exact) mass is 375 g/mol. The molecule has 0 saturated heterocycles. The first-order valence-corrected chi connectivity index (χ1v) is 10.1. The van der Waals surface area contributed by atoms with Crippen molar-refractivity contribution in [2.45, 2.75) is 43.9 Å². The highest BCUT2D eigenvalue weighted by atomic mass is 32.2. The van der Waals surface area contributed by atoms with Crippen LogP contribution in [0.3, 0.4) is 0 Å². The van der Waals surface area contributed by atoms with Crippen LogP contribution in [0.25, 0.3) is 11.0 Å². The van der Waals surface area contributed by atoms with Gasteiger partial charge in [0, 0.05) is 16.7 Å². The largest absolute Gasteiger partial charge is 0.464 e. The number of anilines is 1. The molecule has 132 valence electrons. The summed E-state index contributed by atoms with van der Waals surface area (Å²) in [6.45, 7) is 6.42. The van der Waals surface area contributed by atoms with Gasteiger partial charge in [0.05, 0.1) is 12.7 Å². The van der Waals surface area contributed by atoms with E-state index in [1.807, 2.05) is 6.07 Å². The van der Waals surface area contributed by atoms with Crippen molar-refractivity contribution in [2.24, 2.45) is 0 Å². The summed E-state index contributed by atoms with van der Waals surface area (Å²) >= 11 is 3.07. The normalized spacial score (nSPS) is 11.4. The first-order valence-electron chi connectivity index (χ1n) is 8.33. The van der Waals surface area contributed by atoms with Crippen LogP contribution in [0.2, 0.25) is 0 Å². The zero-order valence-electron chi connectivity index (χ0n) is 14.5. The summed E-state index contributed by atoms with van der Waals surface area (Å²) in [7, 11) is 0. The number of nitrogens with one attached hydrogen (secondary N) is 1. The molecule has 0 atom stereocenters. The van der Waals surface area contributed by atoms with Crippen molar-refractivity contribution in [1.82, 2.24) is 10.2 Å². The van der Waals surface area contributed by atoms with E-state index < -0.39 is 0 Å². The maximum Gasteiger partial charge on any atom is 0.230 e. The predicted molar refractivity (Wildman–Crippen MR) is 104 cm³/mol. The summed E-state index contributed by atoms with van der Waals surface area (Å²) in [5.41, 5.74) is 2.93. The van der Waals surface area contributed by atoms with Gasteiger partial charge in [0.2, 0.25) is 11.0 Å². The molecule has 0 fully saturated rings. The van der Waals surface area contributed by atoms with Crippen molar-refractivity contribution in [3.63, 3.8) is 0 Å². The number of hydrogen-bond acceptors (Lipinski definition) is 6. The topological polar surface area (TPSA) is 68.0 Å². The van der Waals surface area contributed by atoms with Gasteiger partial charge in [-0.25, -0.2) is 0 Å². The number of fused-ring (bicyclic) bond motifs is 1. The summed E-state index contributed by atoms with van der Waals surface area (Å²) in [6, 6.07) is 6.14. The van der Waals surface area contributed by atoms with Gasteiger partial charge in [0.15, 0.2) is 4.34 Å². The van der Waals surface area contributed by atoms with Gasteiger partial charge in [0.1, 0.15) is 5.58 Å². The van der Waals surface area contributed by atoms with Crippen molar-refractivity contribution in [3.8, 4) is 0 Å². The fraction of sp³-hybridized carbons (Fsp3) is 0.389. The molecule has 7 heteroatoms. The molecule has 5 nitrogen and oxygen atoms in total. The van der Waals surface area contributed by atoms with Crippen LogP contribution in [0.1, 0.15) is 44.2 Å². The lowest BCUT2D eigenvalue weighted by molar-refractivity contribution is -0.115. The molecule has 25 heavy (non-hydrogen) atoms. The average molecular weight is 376 g/mol. The van der Waals surface area contributed by atoms with Crippen LogP contribution in [0.4, 0.5) is 5.13 Å². The van der Waals surface area contributed by atoms with Crippen molar-refractivity contribution in [3.05, 3.63) is 35.6 Å². The lowest BCUT2D eigenvalue weighted by Gasteiger charge is -2.05. The van der Waals surface area contributed by atoms with Gasteiger partial charge < -0.3 is 9.73 Å². The number of aromatic nitrogens is 2. The molecule has 1 amide bonds. The van der Waals surface area contributed by atoms with E-state index in [1.165, 1.54) is 16.9 Å². The highest BCUT2D eigenvalue weighted by molar-refractivity contribution is 8.01. The van der Waals surface area contributed by atoms with Crippen LogP contribution in [0.5, 0.6) is 0 Å². The Morgan fingerprint density at radius 2 is 2.20 bits per heavy atom. The maximum absolute atomic E-state index is 12.3. The molecule has 0 radical (unpaired) electrons. The molecule has 0 saturated carbocycles. The molecule has 0 spiro atoms. The molecule has 0 aliphatic rings. The van der Waals surface area contributed by atoms with Crippen LogP contribution in [0, 0.1) is 0 Å². The zero-order valence-corrected chi connectivity index (χ0v) is 16.2. The van der Waals surface area contributed by atoms with Gasteiger partial charge in [0.25, 0.3) is 0 Å². The average Bonchev–Trinajstić information content (AvgIpc) is 3.19. The SMILES string of the molecule is CCCSc1nnc(NC(=O)Cc2coc3ccc(C(C)C)cc23)s1. The molecule has 2 aromatic heterocycles. The van der Waals surface area contributed by atoms with E-state index in [0.717, 1.165) is 33.0 Å². The second-order valence-corrected chi connectivity index (χ2v) is 8.44. The molecule has 1 N–H and O–H groups in total. The van der Waals surface area contributed by atoms with E-state index in [4.69, 9.17) is 4.42 Å². The smallest absolute Gasteiger partial charge is 0.230 e. The molecule has 0 aliphatic heterocycles. The lowest BCUT2D eigenvalue weighted by atomic mass is 10.00. The number of hydrogen-bond donors (Lipinski definition) is 1. The van der Waals surface area contributed by atoms with Gasteiger partial charge in [-0.1, -0.05) is 49.9 Å². The summed E-state index contributed by atoms with van der Waals surface area (Å²) < 4.78 is 6.46. The summed E-state index contributed by atoms with van der Waals surface area (Å²) in [6.07, 6.45) is 3.00. The van der Waals surface area contributed by atoms with Crippen LogP contribution in [-0.4, -0.2) is 21.9 Å². The molecule has 0 unspecified atom stereocenters. The Kier molecular flexibility index (Phi) is 5.75. The third-order valence-corrected chi connectivity index (χ3v) is 5.96. The van der Waals surface area contributed by atoms with Crippen LogP contribution >= 0.6 is 23.1 Å². The molecular formula is C18H21N3O2S2. The summed E-state index contributed by atoms with van der Waals surface area (Å²) in [5.74, 6) is 1.32. The van der Waals surface area contributed by atoms with Gasteiger partial charge in [-0.05, 0) is 30.0 Å². The van der Waals surface area contributed by atoms with Crippen LogP contribution < -0.4 is 5.32 Å². The van der Waals surface area contributed by atoms with Crippen molar-refractivity contribution in [1.29, 1.82) is 0 Å². The number of furan rings is 1. The lowest BCUT2D eigenvalue weighted by Crippen LogP contribution is -2.14. The van der Waals surface area contributed by atoms with Gasteiger partial charge in [-0.3, -0.25) is 4.79 Å². The van der Waals surface area contributed by atoms with E-state index in [-0.39, 0.29) is 12.3 Å². The van der Waals surface area contributed by atoms with Crippen LogP contribution in [0.15, 0.2) is 33.2 Å². The van der Waals surface area contributed by atoms with Gasteiger partial charge >= 0.3 is 0 Å². The number of benzene rings is 1. The third kappa shape index (κ3) is 4.41. The van der Waals surface area contributed by atoms with Crippen LogP contribution in [-0.2, 0) is 11.2 Å². The van der Waals surface area contributed by atoms with E-state index in [1.54, 1.807) is 18.0 Å². The summed E-state index contributed by atoms with van der Waals surface area (Å²) in [5, 5.41) is 12.5. The van der Waals surface area contributed by atoms with Crippen molar-refractivity contribution in [2.75, 3.05) is 11.1 Å². The Balaban J connectivity index is 1.69. The second kappa shape index (κ2) is 8.01. The minimum Gasteiger partial charge on any atom is -0.464 e. The minimum absolute atomic E-state index is 0.110. The molecular weight excluding hydrogens is 354 g/mol. The van der Waals surface area contributed by atoms with Gasteiger partial charge in [-0.2, -0.15) is 0 Å². The first-order chi connectivity index (χ1) is 12.1. The Morgan fingerprint density at radius 3 is 2.96 bits per heavy atom. The Hall–Kier alpha value is -1.86. The number of amides is 1. The third-order valence-electron chi connectivity index (χ3n) is 3.78. The van der Waals surface area contributed by atoms with E-state index in [9.17, 15) is 4.79 Å². The maximum atomic E-state index is 12.3. The quantitative estimate of drug-likeness (QED) is 0.460. The fourth-order valence-corrected chi connectivity index (χ4v) is 4.13. The molecule has 3 rings (SSSR count). The number of carbonyl (C=O) groups excluding carboxylic acids is 1. The zero-order chi connectivity index (χ0) is 17.8. The highest BCUT2D eigenvalue weighted by Gasteiger charge is 2.14. The molecule has 2 heterocycles. The molecule has 0 bridgehead atoms. The van der Waals surface area contributed by atoms with Crippen molar-refractivity contribution >= 4 is 45.1 Å². The number of rotatable bonds is 7. The second-order valence-electron chi connectivity index (χ2n) is 6.12. The van der Waals surface area contributed by atoms with Gasteiger partial charge in [-0.15, -0.1) is 10.2 Å². The predicted octanol–water partition coefficient (Wildman–Crippen LogP) is 5.09. The highest BCUT2D eigenvalue weighted by Crippen LogP contribution is 2.28. The van der Waals surface area contributed by atoms with Crippen molar-refractivity contribution < 1.29 is 9.21 Å². The molecule has 3 aromatic rings.